The fraction of sp³-hybridized carbons (Fsp3) is 0.348. The van der Waals surface area contributed by atoms with E-state index in [0.29, 0.717) is 42.2 Å². The van der Waals surface area contributed by atoms with Crippen LogP contribution in [-0.2, 0) is 0 Å². The van der Waals surface area contributed by atoms with Crippen molar-refractivity contribution in [3.63, 3.8) is 0 Å². The van der Waals surface area contributed by atoms with Crippen LogP contribution in [0.5, 0.6) is 0 Å². The summed E-state index contributed by atoms with van der Waals surface area (Å²) in [6.07, 6.45) is 3.25. The lowest BCUT2D eigenvalue weighted by Gasteiger charge is -2.31. The number of anilines is 1. The molecule has 2 fully saturated rings. The molecule has 1 aliphatic carbocycles. The monoisotopic (exact) mass is 425 g/mol. The van der Waals surface area contributed by atoms with Gasteiger partial charge in [0.25, 0.3) is 5.91 Å². The average Bonchev–Trinajstić information content (AvgIpc) is 3.59. The number of Topliss-reactive ketones (excluding diaryl/α,β-unsaturated/α-hetero) is 1. The Bertz CT molecular complexity index is 951. The molecular weight excluding hydrogens is 402 g/mol. The Balaban J connectivity index is 1.33. The standard InChI is InChI=1S/C23H24ClN3O3/c24-20-9-8-18(14-19(20)22(29)25-17-6-7-17)26-23(30)27-12-10-16(11-13-27)21(28)15-4-2-1-3-5-15/h1-5,8-9,14,16-17H,6-7,10-13H2,(H,25,29)(H,26,30). The lowest BCUT2D eigenvalue weighted by Crippen LogP contribution is -2.42. The molecule has 0 unspecified atom stereocenters. The first kappa shape index (κ1) is 20.4. The molecule has 1 aliphatic heterocycles. The number of piperidine rings is 1. The molecular formula is C23H24ClN3O3. The Morgan fingerprint density at radius 2 is 1.63 bits per heavy atom. The number of amides is 3. The molecule has 1 saturated heterocycles. The number of halogens is 1. The molecule has 4 rings (SSSR count). The van der Waals surface area contributed by atoms with E-state index in [1.54, 1.807) is 23.1 Å². The van der Waals surface area contributed by atoms with Crippen molar-refractivity contribution in [1.29, 1.82) is 0 Å². The number of nitrogens with zero attached hydrogens (tertiary/aromatic N) is 1. The third kappa shape index (κ3) is 4.82. The number of likely N-dealkylation sites (tertiary alicyclic amines) is 1. The molecule has 0 aromatic heterocycles. The fourth-order valence-electron chi connectivity index (χ4n) is 3.65. The Hall–Kier alpha value is -2.86. The van der Waals surface area contributed by atoms with Gasteiger partial charge in [-0.25, -0.2) is 4.79 Å². The van der Waals surface area contributed by atoms with E-state index in [-0.39, 0.29) is 29.7 Å². The highest BCUT2D eigenvalue weighted by Gasteiger charge is 2.28. The van der Waals surface area contributed by atoms with Crippen LogP contribution in [-0.4, -0.2) is 41.8 Å². The lowest BCUT2D eigenvalue weighted by atomic mass is 9.89. The molecule has 3 amide bonds. The van der Waals surface area contributed by atoms with Gasteiger partial charge in [0.2, 0.25) is 0 Å². The minimum atomic E-state index is -0.239. The van der Waals surface area contributed by atoms with Crippen molar-refractivity contribution < 1.29 is 14.4 Å². The minimum Gasteiger partial charge on any atom is -0.349 e. The van der Waals surface area contributed by atoms with Crippen LogP contribution >= 0.6 is 11.6 Å². The van der Waals surface area contributed by atoms with Crippen molar-refractivity contribution >= 4 is 35.0 Å². The molecule has 2 aliphatic rings. The number of hydrogen-bond donors (Lipinski definition) is 2. The summed E-state index contributed by atoms with van der Waals surface area (Å²) in [7, 11) is 0. The summed E-state index contributed by atoms with van der Waals surface area (Å²) in [5, 5.41) is 6.10. The van der Waals surface area contributed by atoms with Crippen molar-refractivity contribution in [2.75, 3.05) is 18.4 Å². The highest BCUT2D eigenvalue weighted by Crippen LogP contribution is 2.25. The maximum absolute atomic E-state index is 12.7. The van der Waals surface area contributed by atoms with Gasteiger partial charge in [0.15, 0.2) is 5.78 Å². The zero-order chi connectivity index (χ0) is 21.1. The first-order chi connectivity index (χ1) is 14.5. The normalized spacial score (nSPS) is 16.8. The van der Waals surface area contributed by atoms with E-state index in [1.165, 1.54) is 0 Å². The highest BCUT2D eigenvalue weighted by atomic mass is 35.5. The van der Waals surface area contributed by atoms with Gasteiger partial charge in [0, 0.05) is 36.3 Å². The first-order valence-electron chi connectivity index (χ1n) is 10.3. The van der Waals surface area contributed by atoms with Gasteiger partial charge < -0.3 is 15.5 Å². The van der Waals surface area contributed by atoms with E-state index in [9.17, 15) is 14.4 Å². The van der Waals surface area contributed by atoms with Crippen LogP contribution in [0.25, 0.3) is 0 Å². The summed E-state index contributed by atoms with van der Waals surface area (Å²) in [5.74, 6) is -0.150. The molecule has 2 aromatic rings. The number of carbonyl (C=O) groups excluding carboxylic acids is 3. The summed E-state index contributed by atoms with van der Waals surface area (Å²) in [5.41, 5.74) is 1.60. The molecule has 6 nitrogen and oxygen atoms in total. The Kier molecular flexibility index (Phi) is 6.04. The topological polar surface area (TPSA) is 78.5 Å². The number of carbonyl (C=O) groups is 3. The van der Waals surface area contributed by atoms with Gasteiger partial charge >= 0.3 is 6.03 Å². The van der Waals surface area contributed by atoms with Gasteiger partial charge in [-0.15, -0.1) is 0 Å². The van der Waals surface area contributed by atoms with E-state index in [0.717, 1.165) is 18.4 Å². The zero-order valence-corrected chi connectivity index (χ0v) is 17.3. The predicted octanol–water partition coefficient (Wildman–Crippen LogP) is 4.36. The second-order valence-corrected chi connectivity index (χ2v) is 8.27. The van der Waals surface area contributed by atoms with Crippen molar-refractivity contribution in [2.45, 2.75) is 31.7 Å². The van der Waals surface area contributed by atoms with Gasteiger partial charge in [-0.05, 0) is 43.9 Å². The maximum atomic E-state index is 12.7. The summed E-state index contributed by atoms with van der Waals surface area (Å²) < 4.78 is 0. The first-order valence-corrected chi connectivity index (χ1v) is 10.6. The summed E-state index contributed by atoms with van der Waals surface area (Å²) in [6.45, 7) is 1.02. The van der Waals surface area contributed by atoms with Crippen LogP contribution < -0.4 is 10.6 Å². The molecule has 1 heterocycles. The second kappa shape index (κ2) is 8.88. The van der Waals surface area contributed by atoms with E-state index in [2.05, 4.69) is 10.6 Å². The third-order valence-corrected chi connectivity index (χ3v) is 5.92. The average molecular weight is 426 g/mol. The highest BCUT2D eigenvalue weighted by molar-refractivity contribution is 6.34. The minimum absolute atomic E-state index is 0.0651. The van der Waals surface area contributed by atoms with Crippen LogP contribution in [0.3, 0.4) is 0 Å². The van der Waals surface area contributed by atoms with Crippen molar-refractivity contribution in [3.8, 4) is 0 Å². The predicted molar refractivity (Wildman–Crippen MR) is 116 cm³/mol. The Labute approximate surface area is 180 Å². The number of hydrogen-bond acceptors (Lipinski definition) is 3. The van der Waals surface area contributed by atoms with Gasteiger partial charge in [-0.2, -0.15) is 0 Å². The van der Waals surface area contributed by atoms with Gasteiger partial charge in [0.1, 0.15) is 0 Å². The van der Waals surface area contributed by atoms with Crippen LogP contribution in [0.15, 0.2) is 48.5 Å². The van der Waals surface area contributed by atoms with Crippen molar-refractivity contribution in [2.24, 2.45) is 5.92 Å². The molecule has 30 heavy (non-hydrogen) atoms. The van der Waals surface area contributed by atoms with E-state index >= 15 is 0 Å². The molecule has 2 aromatic carbocycles. The lowest BCUT2D eigenvalue weighted by molar-refractivity contribution is 0.0858. The molecule has 0 radical (unpaired) electrons. The molecule has 156 valence electrons. The van der Waals surface area contributed by atoms with Crippen molar-refractivity contribution in [1.82, 2.24) is 10.2 Å². The van der Waals surface area contributed by atoms with Gasteiger partial charge in [-0.1, -0.05) is 41.9 Å². The van der Waals surface area contributed by atoms with Crippen molar-refractivity contribution in [3.05, 3.63) is 64.7 Å². The van der Waals surface area contributed by atoms with Crippen LogP contribution in [0.4, 0.5) is 10.5 Å². The quantitative estimate of drug-likeness (QED) is 0.698. The Morgan fingerprint density at radius 3 is 2.30 bits per heavy atom. The SMILES string of the molecule is O=C(NC1CC1)c1cc(NC(=O)N2CCC(C(=O)c3ccccc3)CC2)ccc1Cl. The van der Waals surface area contributed by atoms with Crippen LogP contribution in [0, 0.1) is 5.92 Å². The maximum Gasteiger partial charge on any atom is 0.321 e. The molecule has 0 bridgehead atoms. The summed E-state index contributed by atoms with van der Waals surface area (Å²) in [6, 6.07) is 14.2. The zero-order valence-electron chi connectivity index (χ0n) is 16.6. The largest absolute Gasteiger partial charge is 0.349 e. The van der Waals surface area contributed by atoms with Crippen LogP contribution in [0.2, 0.25) is 5.02 Å². The number of rotatable bonds is 5. The van der Waals surface area contributed by atoms with Gasteiger partial charge in [0.05, 0.1) is 10.6 Å². The second-order valence-electron chi connectivity index (χ2n) is 7.86. The Morgan fingerprint density at radius 1 is 0.933 bits per heavy atom. The third-order valence-electron chi connectivity index (χ3n) is 5.59. The molecule has 7 heteroatoms. The molecule has 1 saturated carbocycles. The number of benzene rings is 2. The molecule has 2 N–H and O–H groups in total. The van der Waals surface area contributed by atoms with Crippen LogP contribution in [0.1, 0.15) is 46.4 Å². The number of nitrogens with one attached hydrogen (secondary N) is 2. The number of ketones is 1. The number of urea groups is 1. The molecule has 0 spiro atoms. The smallest absolute Gasteiger partial charge is 0.321 e. The van der Waals surface area contributed by atoms with Gasteiger partial charge in [-0.3, -0.25) is 9.59 Å². The summed E-state index contributed by atoms with van der Waals surface area (Å²) >= 11 is 6.16. The van der Waals surface area contributed by atoms with E-state index < -0.39 is 0 Å². The van der Waals surface area contributed by atoms with E-state index in [1.807, 2.05) is 30.3 Å². The van der Waals surface area contributed by atoms with E-state index in [4.69, 9.17) is 11.6 Å². The fourth-order valence-corrected chi connectivity index (χ4v) is 3.86. The summed E-state index contributed by atoms with van der Waals surface area (Å²) in [4.78, 5) is 39.3. The molecule has 0 atom stereocenters.